The number of hydrogen-bond acceptors (Lipinski definition) is 3. The van der Waals surface area contributed by atoms with Gasteiger partial charge in [0.1, 0.15) is 6.29 Å². The number of carbonyl (C=O) groups excluding carboxylic acids is 1. The van der Waals surface area contributed by atoms with Gasteiger partial charge in [-0.1, -0.05) is 12.1 Å². The summed E-state index contributed by atoms with van der Waals surface area (Å²) < 4.78 is 37.2. The molecule has 1 heterocycles. The molecule has 0 bridgehead atoms. The molecule has 0 aliphatic heterocycles. The second kappa shape index (κ2) is 5.52. The molecule has 0 amide bonds. The van der Waals surface area contributed by atoms with Gasteiger partial charge in [-0.2, -0.15) is 13.2 Å². The van der Waals surface area contributed by atoms with Crippen LogP contribution in [-0.2, 0) is 23.8 Å². The summed E-state index contributed by atoms with van der Waals surface area (Å²) in [5, 5.41) is 0.789. The van der Waals surface area contributed by atoms with Crippen LogP contribution in [-0.4, -0.2) is 11.3 Å². The molecule has 0 fully saturated rings. The molecule has 100 valence electrons. The molecule has 0 saturated carbocycles. The molecule has 0 spiro atoms. The molecular formula is C13H10F3NOS. The lowest BCUT2D eigenvalue weighted by atomic mass is 10.1. The number of thiazole rings is 1. The lowest BCUT2D eigenvalue weighted by molar-refractivity contribution is -0.137. The summed E-state index contributed by atoms with van der Waals surface area (Å²) in [6.45, 7) is 0. The molecule has 2 nitrogen and oxygen atoms in total. The van der Waals surface area contributed by atoms with Crippen LogP contribution >= 0.6 is 11.3 Å². The highest BCUT2D eigenvalue weighted by Gasteiger charge is 2.29. The van der Waals surface area contributed by atoms with Gasteiger partial charge >= 0.3 is 6.18 Å². The molecule has 0 N–H and O–H groups in total. The van der Waals surface area contributed by atoms with Crippen molar-refractivity contribution in [2.45, 2.75) is 19.0 Å². The zero-order chi connectivity index (χ0) is 13.9. The van der Waals surface area contributed by atoms with Gasteiger partial charge in [0.05, 0.1) is 10.6 Å². The number of alkyl halides is 3. The highest BCUT2D eigenvalue weighted by atomic mass is 32.1. The Balaban J connectivity index is 2.08. The van der Waals surface area contributed by atoms with Gasteiger partial charge in [-0.25, -0.2) is 4.98 Å². The summed E-state index contributed by atoms with van der Waals surface area (Å²) in [6.07, 6.45) is -1.09. The molecule has 0 saturated heterocycles. The molecule has 2 aromatic rings. The standard InChI is InChI=1S/C13H10F3NOS/c14-13(15,16)10-3-1-9(2-4-10)7-12-17-8-11(19-12)5-6-18/h1-4,6,8H,5,7H2. The molecule has 6 heteroatoms. The average Bonchev–Trinajstić information content (AvgIpc) is 2.77. The van der Waals surface area contributed by atoms with Crippen molar-refractivity contribution in [3.63, 3.8) is 0 Å². The average molecular weight is 285 g/mol. The van der Waals surface area contributed by atoms with Crippen LogP contribution in [0.25, 0.3) is 0 Å². The van der Waals surface area contributed by atoms with Crippen LogP contribution in [0.5, 0.6) is 0 Å². The molecule has 0 unspecified atom stereocenters. The number of carbonyl (C=O) groups is 1. The number of rotatable bonds is 4. The van der Waals surface area contributed by atoms with E-state index in [9.17, 15) is 18.0 Å². The Hall–Kier alpha value is -1.69. The highest BCUT2D eigenvalue weighted by Crippen LogP contribution is 2.29. The summed E-state index contributed by atoms with van der Waals surface area (Å²) in [5.41, 5.74) is 0.108. The third-order valence-electron chi connectivity index (χ3n) is 2.52. The summed E-state index contributed by atoms with van der Waals surface area (Å²) in [4.78, 5) is 15.3. The number of aromatic nitrogens is 1. The molecule has 1 aromatic carbocycles. The molecule has 19 heavy (non-hydrogen) atoms. The summed E-state index contributed by atoms with van der Waals surface area (Å²) in [7, 11) is 0. The first kappa shape index (κ1) is 13.7. The second-order valence-electron chi connectivity index (χ2n) is 3.96. The first-order valence-corrected chi connectivity index (χ1v) is 6.34. The number of hydrogen-bond donors (Lipinski definition) is 0. The summed E-state index contributed by atoms with van der Waals surface area (Å²) >= 11 is 1.40. The van der Waals surface area contributed by atoms with E-state index in [0.29, 0.717) is 12.8 Å². The quantitative estimate of drug-likeness (QED) is 0.805. The number of halogens is 3. The lowest BCUT2D eigenvalue weighted by Crippen LogP contribution is -2.04. The molecule has 0 atom stereocenters. The van der Waals surface area contributed by atoms with Crippen molar-refractivity contribution in [1.29, 1.82) is 0 Å². The lowest BCUT2D eigenvalue weighted by Gasteiger charge is -2.06. The minimum Gasteiger partial charge on any atom is -0.303 e. The highest BCUT2D eigenvalue weighted by molar-refractivity contribution is 7.11. The van der Waals surface area contributed by atoms with Gasteiger partial charge in [0, 0.05) is 23.9 Å². The van der Waals surface area contributed by atoms with E-state index in [4.69, 9.17) is 0 Å². The monoisotopic (exact) mass is 285 g/mol. The third kappa shape index (κ3) is 3.64. The molecule has 0 aliphatic rings. The largest absolute Gasteiger partial charge is 0.416 e. The minimum atomic E-state index is -4.31. The maximum atomic E-state index is 12.4. The summed E-state index contributed by atoms with van der Waals surface area (Å²) in [5.74, 6) is 0. The van der Waals surface area contributed by atoms with Crippen LogP contribution in [0.15, 0.2) is 30.5 Å². The Labute approximate surface area is 111 Å². The van der Waals surface area contributed by atoms with Gasteiger partial charge < -0.3 is 4.79 Å². The number of nitrogens with zero attached hydrogens (tertiary/aromatic N) is 1. The topological polar surface area (TPSA) is 30.0 Å². The maximum absolute atomic E-state index is 12.4. The van der Waals surface area contributed by atoms with Crippen LogP contribution in [0.4, 0.5) is 13.2 Å². The predicted octanol–water partition coefficient (Wildman–Crippen LogP) is 3.49. The SMILES string of the molecule is O=CCc1cnc(Cc2ccc(C(F)(F)F)cc2)s1. The minimum absolute atomic E-state index is 0.324. The molecule has 2 rings (SSSR count). The van der Waals surface area contributed by atoms with Gasteiger partial charge in [-0.15, -0.1) is 11.3 Å². The zero-order valence-corrected chi connectivity index (χ0v) is 10.6. The van der Waals surface area contributed by atoms with E-state index in [2.05, 4.69) is 4.98 Å². The Morgan fingerprint density at radius 1 is 1.21 bits per heavy atom. The first-order valence-electron chi connectivity index (χ1n) is 5.52. The normalized spacial score (nSPS) is 11.5. The van der Waals surface area contributed by atoms with Crippen LogP contribution in [0, 0.1) is 0 Å². The fraction of sp³-hybridized carbons (Fsp3) is 0.231. The van der Waals surface area contributed by atoms with E-state index in [0.717, 1.165) is 33.9 Å². The predicted molar refractivity (Wildman–Crippen MR) is 66.1 cm³/mol. The van der Waals surface area contributed by atoms with E-state index in [-0.39, 0.29) is 0 Å². The van der Waals surface area contributed by atoms with Crippen molar-refractivity contribution in [2.75, 3.05) is 0 Å². The fourth-order valence-electron chi connectivity index (χ4n) is 1.59. The fourth-order valence-corrected chi connectivity index (χ4v) is 2.50. The molecule has 0 aliphatic carbocycles. The van der Waals surface area contributed by atoms with E-state index in [1.165, 1.54) is 23.5 Å². The van der Waals surface area contributed by atoms with E-state index in [1.54, 1.807) is 6.20 Å². The zero-order valence-electron chi connectivity index (χ0n) is 9.78. The van der Waals surface area contributed by atoms with Crippen molar-refractivity contribution in [1.82, 2.24) is 4.98 Å². The number of benzene rings is 1. The van der Waals surface area contributed by atoms with Crippen LogP contribution in [0.2, 0.25) is 0 Å². The smallest absolute Gasteiger partial charge is 0.303 e. The van der Waals surface area contributed by atoms with Crippen molar-refractivity contribution >= 4 is 17.6 Å². The van der Waals surface area contributed by atoms with Crippen molar-refractivity contribution in [3.05, 3.63) is 51.5 Å². The Morgan fingerprint density at radius 3 is 2.47 bits per heavy atom. The van der Waals surface area contributed by atoms with Gasteiger partial charge in [0.2, 0.25) is 0 Å². The third-order valence-corrected chi connectivity index (χ3v) is 3.54. The Bertz CT molecular complexity index is 560. The van der Waals surface area contributed by atoms with E-state index < -0.39 is 11.7 Å². The number of aldehydes is 1. The van der Waals surface area contributed by atoms with Crippen molar-refractivity contribution < 1.29 is 18.0 Å². The van der Waals surface area contributed by atoms with Crippen molar-refractivity contribution in [3.8, 4) is 0 Å². The first-order chi connectivity index (χ1) is 8.99. The van der Waals surface area contributed by atoms with Crippen LogP contribution < -0.4 is 0 Å². The Kier molecular flexibility index (Phi) is 3.99. The molecular weight excluding hydrogens is 275 g/mol. The Morgan fingerprint density at radius 2 is 1.89 bits per heavy atom. The second-order valence-corrected chi connectivity index (χ2v) is 5.16. The van der Waals surface area contributed by atoms with E-state index >= 15 is 0 Å². The summed E-state index contributed by atoms with van der Waals surface area (Å²) in [6, 6.07) is 5.03. The van der Waals surface area contributed by atoms with Gasteiger partial charge in [-0.05, 0) is 17.7 Å². The van der Waals surface area contributed by atoms with Gasteiger partial charge in [-0.3, -0.25) is 0 Å². The molecule has 1 aromatic heterocycles. The maximum Gasteiger partial charge on any atom is 0.416 e. The molecule has 0 radical (unpaired) electrons. The van der Waals surface area contributed by atoms with Crippen molar-refractivity contribution in [2.24, 2.45) is 0 Å². The van der Waals surface area contributed by atoms with Crippen LogP contribution in [0.1, 0.15) is 21.0 Å². The van der Waals surface area contributed by atoms with E-state index in [1.807, 2.05) is 0 Å². The van der Waals surface area contributed by atoms with Gasteiger partial charge in [0.15, 0.2) is 0 Å². The van der Waals surface area contributed by atoms with Gasteiger partial charge in [0.25, 0.3) is 0 Å². The van der Waals surface area contributed by atoms with Crippen LogP contribution in [0.3, 0.4) is 0 Å².